The first-order valence-electron chi connectivity index (χ1n) is 3.78. The van der Waals surface area contributed by atoms with Crippen LogP contribution in [0, 0.1) is 5.82 Å². The molecular formula is C10H9FO2. The van der Waals surface area contributed by atoms with Gasteiger partial charge in [-0.05, 0) is 23.8 Å². The summed E-state index contributed by atoms with van der Waals surface area (Å²) in [5, 5.41) is 0. The van der Waals surface area contributed by atoms with Gasteiger partial charge in [0.2, 0.25) is 0 Å². The molecule has 68 valence electrons. The summed E-state index contributed by atoms with van der Waals surface area (Å²) in [7, 11) is 0. The smallest absolute Gasteiger partial charge is 0.307 e. The highest BCUT2D eigenvalue weighted by Gasteiger charge is 1.90. The molecule has 0 radical (unpaired) electrons. The Hall–Kier alpha value is -1.64. The van der Waals surface area contributed by atoms with Crippen LogP contribution in [0.25, 0.3) is 6.08 Å². The summed E-state index contributed by atoms with van der Waals surface area (Å²) >= 11 is 0. The number of benzene rings is 1. The Bertz CT molecular complexity index is 331. The molecule has 1 aromatic rings. The minimum absolute atomic E-state index is 0.315. The van der Waals surface area contributed by atoms with Crippen molar-refractivity contribution in [2.45, 2.75) is 6.92 Å². The number of ether oxygens (including phenoxy) is 1. The lowest BCUT2D eigenvalue weighted by Gasteiger charge is -1.93. The van der Waals surface area contributed by atoms with Crippen LogP contribution in [0.1, 0.15) is 12.5 Å². The van der Waals surface area contributed by atoms with E-state index in [0.29, 0.717) is 5.56 Å². The van der Waals surface area contributed by atoms with Gasteiger partial charge in [-0.15, -0.1) is 0 Å². The van der Waals surface area contributed by atoms with Crippen molar-refractivity contribution >= 4 is 12.0 Å². The van der Waals surface area contributed by atoms with Gasteiger partial charge >= 0.3 is 5.97 Å². The molecule has 0 bridgehead atoms. The molecular weight excluding hydrogens is 171 g/mol. The third-order valence-electron chi connectivity index (χ3n) is 1.34. The van der Waals surface area contributed by atoms with Gasteiger partial charge in [0.05, 0.1) is 6.26 Å². The monoisotopic (exact) mass is 180 g/mol. The molecule has 0 heterocycles. The molecule has 0 aromatic heterocycles. The van der Waals surface area contributed by atoms with E-state index in [4.69, 9.17) is 0 Å². The molecule has 3 heteroatoms. The summed E-state index contributed by atoms with van der Waals surface area (Å²) < 4.78 is 17.2. The number of carbonyl (C=O) groups excluding carboxylic acids is 1. The second kappa shape index (κ2) is 4.40. The lowest BCUT2D eigenvalue weighted by molar-refractivity contribution is -0.135. The van der Waals surface area contributed by atoms with E-state index in [9.17, 15) is 9.18 Å². The third kappa shape index (κ3) is 3.51. The zero-order chi connectivity index (χ0) is 9.68. The van der Waals surface area contributed by atoms with Crippen molar-refractivity contribution in [1.82, 2.24) is 0 Å². The van der Waals surface area contributed by atoms with Crippen LogP contribution in [0.15, 0.2) is 30.5 Å². The number of halogens is 1. The quantitative estimate of drug-likeness (QED) is 0.516. The van der Waals surface area contributed by atoms with Gasteiger partial charge in [-0.1, -0.05) is 12.1 Å². The maximum atomic E-state index is 12.6. The van der Waals surface area contributed by atoms with E-state index in [-0.39, 0.29) is 5.82 Å². The maximum absolute atomic E-state index is 12.6. The summed E-state index contributed by atoms with van der Waals surface area (Å²) in [4.78, 5) is 10.4. The maximum Gasteiger partial charge on any atom is 0.307 e. The Morgan fingerprint density at radius 3 is 2.92 bits per heavy atom. The highest BCUT2D eigenvalue weighted by atomic mass is 19.1. The van der Waals surface area contributed by atoms with Crippen LogP contribution in [0.5, 0.6) is 0 Å². The van der Waals surface area contributed by atoms with Gasteiger partial charge in [-0.25, -0.2) is 4.39 Å². The second-order valence-corrected chi connectivity index (χ2v) is 2.47. The SMILES string of the molecule is CC(=O)OC=Cc1cccc(F)c1. The molecule has 1 rings (SSSR count). The molecule has 0 N–H and O–H groups in total. The summed E-state index contributed by atoms with van der Waals surface area (Å²) in [5.74, 6) is -0.711. The van der Waals surface area contributed by atoms with Crippen molar-refractivity contribution in [3.63, 3.8) is 0 Å². The zero-order valence-corrected chi connectivity index (χ0v) is 7.16. The van der Waals surface area contributed by atoms with Gasteiger partial charge in [0.15, 0.2) is 0 Å². The summed E-state index contributed by atoms with van der Waals surface area (Å²) in [6, 6.07) is 6.00. The minimum Gasteiger partial charge on any atom is -0.435 e. The van der Waals surface area contributed by atoms with Gasteiger partial charge < -0.3 is 4.74 Å². The predicted molar refractivity (Wildman–Crippen MR) is 47.2 cm³/mol. The van der Waals surface area contributed by atoms with E-state index in [1.807, 2.05) is 0 Å². The minimum atomic E-state index is -0.396. The van der Waals surface area contributed by atoms with Crippen LogP contribution < -0.4 is 0 Å². The Kier molecular flexibility index (Phi) is 3.20. The third-order valence-corrected chi connectivity index (χ3v) is 1.34. The zero-order valence-electron chi connectivity index (χ0n) is 7.16. The normalized spacial score (nSPS) is 10.3. The predicted octanol–water partition coefficient (Wildman–Crippen LogP) is 2.36. The number of hydrogen-bond acceptors (Lipinski definition) is 2. The van der Waals surface area contributed by atoms with Crippen LogP contribution in [0.3, 0.4) is 0 Å². The van der Waals surface area contributed by atoms with Crippen molar-refractivity contribution in [3.8, 4) is 0 Å². The molecule has 0 unspecified atom stereocenters. The van der Waals surface area contributed by atoms with Crippen molar-refractivity contribution in [3.05, 3.63) is 41.9 Å². The van der Waals surface area contributed by atoms with Crippen LogP contribution in [-0.4, -0.2) is 5.97 Å². The fraction of sp³-hybridized carbons (Fsp3) is 0.100. The Balaban J connectivity index is 2.63. The molecule has 0 aliphatic heterocycles. The number of esters is 1. The largest absolute Gasteiger partial charge is 0.435 e. The van der Waals surface area contributed by atoms with Crippen LogP contribution in [0.2, 0.25) is 0 Å². The standard InChI is InChI=1S/C10H9FO2/c1-8(12)13-6-5-9-3-2-4-10(11)7-9/h2-7H,1H3. The first kappa shape index (κ1) is 9.45. The molecule has 0 aliphatic carbocycles. The van der Waals surface area contributed by atoms with E-state index in [0.717, 1.165) is 0 Å². The Labute approximate surface area is 75.6 Å². The van der Waals surface area contributed by atoms with Gasteiger partial charge in [0.25, 0.3) is 0 Å². The van der Waals surface area contributed by atoms with E-state index in [2.05, 4.69) is 4.74 Å². The molecule has 0 saturated heterocycles. The van der Waals surface area contributed by atoms with Gasteiger partial charge in [-0.2, -0.15) is 0 Å². The Morgan fingerprint density at radius 2 is 2.31 bits per heavy atom. The van der Waals surface area contributed by atoms with E-state index in [1.54, 1.807) is 12.1 Å². The summed E-state index contributed by atoms with van der Waals surface area (Å²) in [5.41, 5.74) is 0.654. The average molecular weight is 180 g/mol. The van der Waals surface area contributed by atoms with E-state index in [1.165, 1.54) is 31.4 Å². The van der Waals surface area contributed by atoms with Crippen molar-refractivity contribution in [2.24, 2.45) is 0 Å². The summed E-state index contributed by atoms with van der Waals surface area (Å²) in [6.07, 6.45) is 2.75. The van der Waals surface area contributed by atoms with Crippen molar-refractivity contribution < 1.29 is 13.9 Å². The van der Waals surface area contributed by atoms with Gasteiger partial charge in [0, 0.05) is 6.92 Å². The van der Waals surface area contributed by atoms with Crippen molar-refractivity contribution in [2.75, 3.05) is 0 Å². The van der Waals surface area contributed by atoms with Crippen LogP contribution in [0.4, 0.5) is 4.39 Å². The molecule has 0 saturated carbocycles. The number of rotatable bonds is 2. The number of hydrogen-bond donors (Lipinski definition) is 0. The number of carbonyl (C=O) groups is 1. The van der Waals surface area contributed by atoms with E-state index >= 15 is 0 Å². The second-order valence-electron chi connectivity index (χ2n) is 2.47. The molecule has 0 atom stereocenters. The highest BCUT2D eigenvalue weighted by molar-refractivity contribution is 5.67. The van der Waals surface area contributed by atoms with Gasteiger partial charge in [-0.3, -0.25) is 4.79 Å². The summed E-state index contributed by atoms with van der Waals surface area (Å²) in [6.45, 7) is 1.30. The molecule has 0 amide bonds. The molecule has 0 spiro atoms. The van der Waals surface area contributed by atoms with Crippen LogP contribution in [-0.2, 0) is 9.53 Å². The highest BCUT2D eigenvalue weighted by Crippen LogP contribution is 2.05. The molecule has 2 nitrogen and oxygen atoms in total. The first-order chi connectivity index (χ1) is 6.18. The Morgan fingerprint density at radius 1 is 1.54 bits per heavy atom. The molecule has 13 heavy (non-hydrogen) atoms. The lowest BCUT2D eigenvalue weighted by atomic mass is 10.2. The fourth-order valence-electron chi connectivity index (χ4n) is 0.819. The van der Waals surface area contributed by atoms with Crippen LogP contribution >= 0.6 is 0 Å². The lowest BCUT2D eigenvalue weighted by Crippen LogP contribution is -1.89. The molecule has 0 aliphatic rings. The molecule has 0 fully saturated rings. The average Bonchev–Trinajstić information content (AvgIpc) is 2.03. The van der Waals surface area contributed by atoms with Gasteiger partial charge in [0.1, 0.15) is 5.82 Å². The topological polar surface area (TPSA) is 26.3 Å². The molecule has 1 aromatic carbocycles. The fourth-order valence-corrected chi connectivity index (χ4v) is 0.819. The van der Waals surface area contributed by atoms with Crippen molar-refractivity contribution in [1.29, 1.82) is 0 Å². The van der Waals surface area contributed by atoms with E-state index < -0.39 is 5.97 Å². The first-order valence-corrected chi connectivity index (χ1v) is 3.78.